The van der Waals surface area contributed by atoms with Crippen molar-refractivity contribution in [2.24, 2.45) is 5.10 Å². The predicted molar refractivity (Wildman–Crippen MR) is 109 cm³/mol. The zero-order valence-electron chi connectivity index (χ0n) is 15.1. The van der Waals surface area contributed by atoms with E-state index in [9.17, 15) is 14.0 Å². The lowest BCUT2D eigenvalue weighted by Gasteiger charge is -2.10. The van der Waals surface area contributed by atoms with Gasteiger partial charge in [0.05, 0.1) is 17.3 Å². The fourth-order valence-electron chi connectivity index (χ4n) is 2.87. The molecule has 29 heavy (non-hydrogen) atoms. The number of rotatable bonds is 4. The van der Waals surface area contributed by atoms with Crippen LogP contribution in [0.15, 0.2) is 88.8 Å². The fraction of sp³-hybridized carbons (Fsp3) is 0. The van der Waals surface area contributed by atoms with Crippen LogP contribution in [0.1, 0.15) is 16.1 Å². The third-order valence-electron chi connectivity index (χ3n) is 4.27. The molecule has 7 heteroatoms. The Kier molecular flexibility index (Phi) is 4.94. The zero-order valence-corrected chi connectivity index (χ0v) is 15.1. The average molecular weight is 386 g/mol. The molecule has 4 aromatic rings. The molecule has 6 nitrogen and oxygen atoms in total. The van der Waals surface area contributed by atoms with E-state index in [2.05, 4.69) is 15.6 Å². The van der Waals surface area contributed by atoms with Crippen LogP contribution < -0.4 is 11.0 Å². The maximum Gasteiger partial charge on any atom is 0.292 e. The van der Waals surface area contributed by atoms with Gasteiger partial charge in [-0.1, -0.05) is 48.5 Å². The number of nitrogens with one attached hydrogen (secondary N) is 1. The number of fused-ring (bicyclic) bond motifs is 1. The molecule has 0 atom stereocenters. The van der Waals surface area contributed by atoms with Gasteiger partial charge < -0.3 is 0 Å². The minimum absolute atomic E-state index is 0.0697. The van der Waals surface area contributed by atoms with Crippen molar-refractivity contribution in [2.75, 3.05) is 0 Å². The first kappa shape index (κ1) is 18.2. The van der Waals surface area contributed by atoms with E-state index in [4.69, 9.17) is 0 Å². The Balaban J connectivity index is 1.72. The summed E-state index contributed by atoms with van der Waals surface area (Å²) in [6.07, 6.45) is 1.40. The van der Waals surface area contributed by atoms with Crippen molar-refractivity contribution in [3.63, 3.8) is 0 Å². The second kappa shape index (κ2) is 7.85. The monoisotopic (exact) mass is 386 g/mol. The first-order valence-electron chi connectivity index (χ1n) is 8.80. The summed E-state index contributed by atoms with van der Waals surface area (Å²) in [5, 5.41) is 8.99. The van der Waals surface area contributed by atoms with Gasteiger partial charge in [0, 0.05) is 5.39 Å². The highest BCUT2D eigenvalue weighted by molar-refractivity contribution is 6.05. The number of aromatic nitrogens is 2. The Hall–Kier alpha value is -4.13. The Morgan fingerprint density at radius 2 is 1.59 bits per heavy atom. The molecule has 0 saturated carbocycles. The second-order valence-electron chi connectivity index (χ2n) is 6.20. The zero-order chi connectivity index (χ0) is 20.2. The lowest BCUT2D eigenvalue weighted by atomic mass is 10.1. The van der Waals surface area contributed by atoms with Crippen molar-refractivity contribution in [1.82, 2.24) is 15.2 Å². The van der Waals surface area contributed by atoms with Gasteiger partial charge in [-0.05, 0) is 35.9 Å². The molecule has 0 spiro atoms. The van der Waals surface area contributed by atoms with E-state index in [1.54, 1.807) is 48.5 Å². The van der Waals surface area contributed by atoms with Gasteiger partial charge in [0.1, 0.15) is 5.82 Å². The van der Waals surface area contributed by atoms with E-state index in [0.717, 1.165) is 0 Å². The highest BCUT2D eigenvalue weighted by atomic mass is 19.1. The molecule has 0 bridgehead atoms. The number of para-hydroxylation sites is 1. The predicted octanol–water partition coefficient (Wildman–Crippen LogP) is 3.29. The molecule has 0 saturated heterocycles. The van der Waals surface area contributed by atoms with E-state index in [0.29, 0.717) is 22.0 Å². The summed E-state index contributed by atoms with van der Waals surface area (Å²) in [6.45, 7) is 0. The summed E-state index contributed by atoms with van der Waals surface area (Å²) in [5.74, 6) is -0.922. The number of amides is 1. The standard InChI is InChI=1S/C22H15FN4O2/c23-16-12-10-15(11-13-16)14-24-25-21(28)20-18-8-4-5-9-19(18)22(29)27(26-20)17-6-2-1-3-7-17/h1-14H,(H,25,28)/b24-14-. The van der Waals surface area contributed by atoms with Crippen LogP contribution in [-0.2, 0) is 0 Å². The van der Waals surface area contributed by atoms with Gasteiger partial charge in [0.15, 0.2) is 5.69 Å². The van der Waals surface area contributed by atoms with E-state index >= 15 is 0 Å². The van der Waals surface area contributed by atoms with E-state index in [-0.39, 0.29) is 17.1 Å². The van der Waals surface area contributed by atoms with E-state index < -0.39 is 5.91 Å². The number of carbonyl (C=O) groups excluding carboxylic acids is 1. The minimum atomic E-state index is -0.566. The lowest BCUT2D eigenvalue weighted by Crippen LogP contribution is -2.28. The summed E-state index contributed by atoms with van der Waals surface area (Å²) in [6, 6.07) is 21.3. The third-order valence-corrected chi connectivity index (χ3v) is 4.27. The summed E-state index contributed by atoms with van der Waals surface area (Å²) in [5.41, 5.74) is 3.33. The van der Waals surface area contributed by atoms with Crippen LogP contribution in [0.5, 0.6) is 0 Å². The summed E-state index contributed by atoms with van der Waals surface area (Å²) in [7, 11) is 0. The number of carbonyl (C=O) groups is 1. The number of nitrogens with zero attached hydrogens (tertiary/aromatic N) is 3. The smallest absolute Gasteiger partial charge is 0.267 e. The molecular weight excluding hydrogens is 371 g/mol. The quantitative estimate of drug-likeness (QED) is 0.432. The van der Waals surface area contributed by atoms with Gasteiger partial charge in [-0.3, -0.25) is 9.59 Å². The molecule has 3 aromatic carbocycles. The summed E-state index contributed by atoms with van der Waals surface area (Å²) in [4.78, 5) is 25.6. The Bertz CT molecular complexity index is 1270. The van der Waals surface area contributed by atoms with Gasteiger partial charge >= 0.3 is 0 Å². The van der Waals surface area contributed by atoms with E-state index in [1.807, 2.05) is 6.07 Å². The first-order valence-corrected chi connectivity index (χ1v) is 8.80. The number of benzene rings is 3. The van der Waals surface area contributed by atoms with Crippen molar-refractivity contribution < 1.29 is 9.18 Å². The molecule has 142 valence electrons. The number of hydrazone groups is 1. The normalized spacial score (nSPS) is 11.1. The highest BCUT2D eigenvalue weighted by Crippen LogP contribution is 2.15. The van der Waals surface area contributed by atoms with E-state index in [1.165, 1.54) is 35.2 Å². The van der Waals surface area contributed by atoms with Crippen LogP contribution in [0.4, 0.5) is 4.39 Å². The topological polar surface area (TPSA) is 76.3 Å². The maximum absolute atomic E-state index is 13.0. The van der Waals surface area contributed by atoms with Gasteiger partial charge in [0.25, 0.3) is 11.5 Å². The summed E-state index contributed by atoms with van der Waals surface area (Å²) < 4.78 is 14.2. The Morgan fingerprint density at radius 1 is 0.931 bits per heavy atom. The Morgan fingerprint density at radius 3 is 2.31 bits per heavy atom. The molecule has 1 heterocycles. The lowest BCUT2D eigenvalue weighted by molar-refractivity contribution is 0.0950. The van der Waals surface area contributed by atoms with Crippen LogP contribution in [0.25, 0.3) is 16.5 Å². The minimum Gasteiger partial charge on any atom is -0.267 e. The second-order valence-corrected chi connectivity index (χ2v) is 6.20. The van der Waals surface area contributed by atoms with Crippen LogP contribution in [0.3, 0.4) is 0 Å². The largest absolute Gasteiger partial charge is 0.292 e. The average Bonchev–Trinajstić information content (AvgIpc) is 2.76. The van der Waals surface area contributed by atoms with Crippen LogP contribution in [0, 0.1) is 5.82 Å². The number of hydrogen-bond donors (Lipinski definition) is 1. The van der Waals surface area contributed by atoms with Crippen molar-refractivity contribution in [1.29, 1.82) is 0 Å². The third kappa shape index (κ3) is 3.79. The van der Waals surface area contributed by atoms with Gasteiger partial charge in [-0.2, -0.15) is 14.9 Å². The molecule has 1 aromatic heterocycles. The SMILES string of the molecule is O=C(N/N=C\c1ccc(F)cc1)c1nn(-c2ccccc2)c(=O)c2ccccc12. The molecular formula is C22H15FN4O2. The van der Waals surface area contributed by atoms with Crippen molar-refractivity contribution >= 4 is 22.9 Å². The van der Waals surface area contributed by atoms with Gasteiger partial charge in [0.2, 0.25) is 0 Å². The van der Waals surface area contributed by atoms with Gasteiger partial charge in [-0.15, -0.1) is 0 Å². The van der Waals surface area contributed by atoms with Crippen LogP contribution in [0.2, 0.25) is 0 Å². The Labute approximate surface area is 164 Å². The van der Waals surface area contributed by atoms with Crippen LogP contribution >= 0.6 is 0 Å². The number of halogens is 1. The molecule has 0 aliphatic rings. The molecule has 0 fully saturated rings. The van der Waals surface area contributed by atoms with Crippen molar-refractivity contribution in [3.8, 4) is 5.69 Å². The van der Waals surface area contributed by atoms with Crippen molar-refractivity contribution in [2.45, 2.75) is 0 Å². The molecule has 1 N–H and O–H groups in total. The number of hydrogen-bond acceptors (Lipinski definition) is 4. The maximum atomic E-state index is 13.0. The fourth-order valence-corrected chi connectivity index (χ4v) is 2.87. The first-order chi connectivity index (χ1) is 14.1. The summed E-state index contributed by atoms with van der Waals surface area (Å²) >= 11 is 0. The molecule has 1 amide bonds. The molecule has 0 aliphatic carbocycles. The molecule has 0 aliphatic heterocycles. The molecule has 0 radical (unpaired) electrons. The van der Waals surface area contributed by atoms with Crippen LogP contribution in [-0.4, -0.2) is 21.9 Å². The molecule has 4 rings (SSSR count). The molecule has 0 unspecified atom stereocenters. The van der Waals surface area contributed by atoms with Gasteiger partial charge in [-0.25, -0.2) is 9.82 Å². The highest BCUT2D eigenvalue weighted by Gasteiger charge is 2.17. The van der Waals surface area contributed by atoms with Crippen molar-refractivity contribution in [3.05, 3.63) is 106 Å².